The molecule has 0 radical (unpaired) electrons. The van der Waals surface area contributed by atoms with E-state index in [0.29, 0.717) is 12.1 Å². The van der Waals surface area contributed by atoms with Crippen molar-refractivity contribution in [1.82, 2.24) is 5.32 Å². The maximum absolute atomic E-state index is 10.3. The highest BCUT2D eigenvalue weighted by Gasteiger charge is 2.33. The van der Waals surface area contributed by atoms with Gasteiger partial charge >= 0.3 is 5.97 Å². The molecule has 2 aliphatic rings. The molecule has 0 aromatic heterocycles. The van der Waals surface area contributed by atoms with Crippen molar-refractivity contribution in [2.24, 2.45) is 0 Å². The van der Waals surface area contributed by atoms with E-state index in [1.807, 2.05) is 0 Å². The zero-order valence-corrected chi connectivity index (χ0v) is 8.76. The van der Waals surface area contributed by atoms with E-state index < -0.39 is 5.97 Å². The molecule has 0 aliphatic carbocycles. The molecular weight excluding hydrogens is 206 g/mol. The molecule has 0 unspecified atom stereocenters. The number of nitrogens with one attached hydrogen (secondary N) is 1. The van der Waals surface area contributed by atoms with Gasteiger partial charge < -0.3 is 15.2 Å². The molecule has 2 fully saturated rings. The number of piperidine rings is 1. The summed E-state index contributed by atoms with van der Waals surface area (Å²) in [7, 11) is 0. The average molecular weight is 222 g/mol. The Hall–Kier alpha value is -0.320. The molecule has 0 aromatic carbocycles. The SMILES string of the molecule is Cl.O=C(O)CO[C@H]1C[C@H]2CC[C@@H](C1)N2. The van der Waals surface area contributed by atoms with Crippen molar-refractivity contribution in [2.75, 3.05) is 6.61 Å². The lowest BCUT2D eigenvalue weighted by molar-refractivity contribution is -0.145. The van der Waals surface area contributed by atoms with Gasteiger partial charge in [0.2, 0.25) is 0 Å². The lowest BCUT2D eigenvalue weighted by atomic mass is 10.0. The summed E-state index contributed by atoms with van der Waals surface area (Å²) in [5.41, 5.74) is 0. The Bertz CT molecular complexity index is 200. The van der Waals surface area contributed by atoms with Crippen LogP contribution in [0.5, 0.6) is 0 Å². The number of carboxylic acid groups (broad SMARTS) is 1. The minimum absolute atomic E-state index is 0. The Morgan fingerprint density at radius 2 is 1.93 bits per heavy atom. The standard InChI is InChI=1S/C9H15NO3.ClH/c11-9(12)5-13-8-3-6-1-2-7(4-8)10-6;/h6-8,10H,1-5H2,(H,11,12);1H/t6-,7+,8+;. The van der Waals surface area contributed by atoms with Gasteiger partial charge in [0.15, 0.2) is 0 Å². The first-order valence-corrected chi connectivity index (χ1v) is 4.83. The Kier molecular flexibility index (Phi) is 4.16. The summed E-state index contributed by atoms with van der Waals surface area (Å²) in [6, 6.07) is 1.13. The number of rotatable bonds is 3. The van der Waals surface area contributed by atoms with Gasteiger partial charge in [0.1, 0.15) is 6.61 Å². The average Bonchev–Trinajstić information content (AvgIpc) is 2.42. The maximum atomic E-state index is 10.3. The van der Waals surface area contributed by atoms with Crippen molar-refractivity contribution in [3.8, 4) is 0 Å². The first kappa shape index (κ1) is 11.8. The summed E-state index contributed by atoms with van der Waals surface area (Å²) < 4.78 is 5.29. The molecular formula is C9H16ClNO3. The number of fused-ring (bicyclic) bond motifs is 2. The van der Waals surface area contributed by atoms with E-state index in [2.05, 4.69) is 5.32 Å². The topological polar surface area (TPSA) is 58.6 Å². The van der Waals surface area contributed by atoms with Crippen LogP contribution in [0, 0.1) is 0 Å². The summed E-state index contributed by atoms with van der Waals surface area (Å²) in [5.74, 6) is -0.870. The lowest BCUT2D eigenvalue weighted by Gasteiger charge is -2.28. The normalized spacial score (nSPS) is 35.0. The highest BCUT2D eigenvalue weighted by Crippen LogP contribution is 2.28. The number of carbonyl (C=O) groups is 1. The summed E-state index contributed by atoms with van der Waals surface area (Å²) in [5, 5.41) is 11.9. The van der Waals surface area contributed by atoms with E-state index in [-0.39, 0.29) is 25.1 Å². The van der Waals surface area contributed by atoms with Crippen molar-refractivity contribution in [2.45, 2.75) is 43.9 Å². The summed E-state index contributed by atoms with van der Waals surface area (Å²) >= 11 is 0. The van der Waals surface area contributed by atoms with Gasteiger partial charge in [0, 0.05) is 12.1 Å². The molecule has 0 spiro atoms. The minimum atomic E-state index is -0.870. The van der Waals surface area contributed by atoms with Gasteiger partial charge in [-0.2, -0.15) is 0 Å². The highest BCUT2D eigenvalue weighted by atomic mass is 35.5. The predicted octanol–water partition coefficient (Wildman–Crippen LogP) is 0.792. The van der Waals surface area contributed by atoms with E-state index in [1.165, 1.54) is 12.8 Å². The maximum Gasteiger partial charge on any atom is 0.329 e. The van der Waals surface area contributed by atoms with Crippen LogP contribution in [0.1, 0.15) is 25.7 Å². The van der Waals surface area contributed by atoms with Gasteiger partial charge in [-0.1, -0.05) is 0 Å². The molecule has 14 heavy (non-hydrogen) atoms. The van der Waals surface area contributed by atoms with Crippen LogP contribution in [0.15, 0.2) is 0 Å². The molecule has 82 valence electrons. The van der Waals surface area contributed by atoms with Crippen LogP contribution >= 0.6 is 12.4 Å². The minimum Gasteiger partial charge on any atom is -0.480 e. The Morgan fingerprint density at radius 3 is 2.43 bits per heavy atom. The summed E-state index contributed by atoms with van der Waals surface area (Å²) in [4.78, 5) is 10.3. The molecule has 5 heteroatoms. The molecule has 2 N–H and O–H groups in total. The Balaban J connectivity index is 0.000000980. The third-order valence-electron chi connectivity index (χ3n) is 2.87. The molecule has 4 nitrogen and oxygen atoms in total. The zero-order valence-electron chi connectivity index (χ0n) is 7.94. The fourth-order valence-electron chi connectivity index (χ4n) is 2.33. The molecule has 2 bridgehead atoms. The number of ether oxygens (including phenoxy) is 1. The van der Waals surface area contributed by atoms with E-state index in [9.17, 15) is 4.79 Å². The number of aliphatic carboxylic acids is 1. The number of halogens is 1. The van der Waals surface area contributed by atoms with Gasteiger partial charge in [-0.05, 0) is 25.7 Å². The van der Waals surface area contributed by atoms with Gasteiger partial charge in [0.05, 0.1) is 6.10 Å². The molecule has 2 saturated heterocycles. The molecule has 0 aromatic rings. The molecule has 0 amide bonds. The second-order valence-corrected chi connectivity index (χ2v) is 3.94. The van der Waals surface area contributed by atoms with Crippen molar-refractivity contribution >= 4 is 18.4 Å². The lowest BCUT2D eigenvalue weighted by Crippen LogP contribution is -2.41. The second kappa shape index (κ2) is 4.96. The fourth-order valence-corrected chi connectivity index (χ4v) is 2.33. The number of hydrogen-bond donors (Lipinski definition) is 2. The van der Waals surface area contributed by atoms with Gasteiger partial charge in [-0.3, -0.25) is 0 Å². The van der Waals surface area contributed by atoms with Crippen LogP contribution in [0.4, 0.5) is 0 Å². The molecule has 2 aliphatic heterocycles. The van der Waals surface area contributed by atoms with Crippen molar-refractivity contribution in [3.63, 3.8) is 0 Å². The van der Waals surface area contributed by atoms with Crippen molar-refractivity contribution < 1.29 is 14.6 Å². The smallest absolute Gasteiger partial charge is 0.329 e. The number of carboxylic acids is 1. The second-order valence-electron chi connectivity index (χ2n) is 3.94. The Labute approximate surface area is 89.4 Å². The fraction of sp³-hybridized carbons (Fsp3) is 0.889. The molecule has 2 rings (SSSR count). The quantitative estimate of drug-likeness (QED) is 0.740. The Morgan fingerprint density at radius 1 is 1.36 bits per heavy atom. The van der Waals surface area contributed by atoms with Crippen LogP contribution in [0.25, 0.3) is 0 Å². The van der Waals surface area contributed by atoms with Crippen molar-refractivity contribution in [1.29, 1.82) is 0 Å². The molecule has 2 heterocycles. The zero-order chi connectivity index (χ0) is 9.26. The van der Waals surface area contributed by atoms with Crippen LogP contribution in [0.3, 0.4) is 0 Å². The predicted molar refractivity (Wildman–Crippen MR) is 53.8 cm³/mol. The van der Waals surface area contributed by atoms with E-state index in [1.54, 1.807) is 0 Å². The third kappa shape index (κ3) is 2.83. The number of hydrogen-bond acceptors (Lipinski definition) is 3. The van der Waals surface area contributed by atoms with E-state index in [0.717, 1.165) is 12.8 Å². The van der Waals surface area contributed by atoms with Crippen LogP contribution < -0.4 is 5.32 Å². The summed E-state index contributed by atoms with van der Waals surface area (Å²) in [6.07, 6.45) is 4.55. The molecule has 3 atom stereocenters. The van der Waals surface area contributed by atoms with Crippen LogP contribution in [-0.2, 0) is 9.53 Å². The van der Waals surface area contributed by atoms with Gasteiger partial charge in [-0.15, -0.1) is 12.4 Å². The van der Waals surface area contributed by atoms with E-state index in [4.69, 9.17) is 9.84 Å². The van der Waals surface area contributed by atoms with Gasteiger partial charge in [-0.25, -0.2) is 4.79 Å². The van der Waals surface area contributed by atoms with Crippen molar-refractivity contribution in [3.05, 3.63) is 0 Å². The van der Waals surface area contributed by atoms with Crippen LogP contribution in [0.2, 0.25) is 0 Å². The summed E-state index contributed by atoms with van der Waals surface area (Å²) in [6.45, 7) is -0.149. The first-order valence-electron chi connectivity index (χ1n) is 4.83. The first-order chi connectivity index (χ1) is 6.24. The highest BCUT2D eigenvalue weighted by molar-refractivity contribution is 5.85. The monoisotopic (exact) mass is 221 g/mol. The largest absolute Gasteiger partial charge is 0.480 e. The van der Waals surface area contributed by atoms with E-state index >= 15 is 0 Å². The third-order valence-corrected chi connectivity index (χ3v) is 2.87. The van der Waals surface area contributed by atoms with Gasteiger partial charge in [0.25, 0.3) is 0 Å². The van der Waals surface area contributed by atoms with Crippen LogP contribution in [-0.4, -0.2) is 35.9 Å². The molecule has 0 saturated carbocycles.